The largest absolute Gasteiger partial charge is 0.482 e. The number of carbonyl (C=O) groups is 1. The molecule has 0 unspecified atom stereocenters. The molecule has 0 heterocycles. The first-order valence-electron chi connectivity index (χ1n) is 3.18. The van der Waals surface area contributed by atoms with Crippen molar-refractivity contribution in [3.8, 4) is 5.75 Å². The van der Waals surface area contributed by atoms with Gasteiger partial charge in [0.1, 0.15) is 5.75 Å². The number of hydrogen-bond acceptors (Lipinski definition) is 2. The molecule has 58 valence electrons. The quantitative estimate of drug-likeness (QED) is 0.662. The van der Waals surface area contributed by atoms with Gasteiger partial charge in [0.15, 0.2) is 6.61 Å². The van der Waals surface area contributed by atoms with Crippen LogP contribution in [0.2, 0.25) is 0 Å². The van der Waals surface area contributed by atoms with Crippen LogP contribution in [0, 0.1) is 0 Å². The standard InChI is InChI=1S/C8H8O3/c9-8(10)6-11-7-4-2-1-3-5-7/h1-5H,6H2,(H,9,10)/i8+1. The number of ether oxygens (including phenoxy) is 1. The Balaban J connectivity index is 2.45. The molecule has 11 heavy (non-hydrogen) atoms. The summed E-state index contributed by atoms with van der Waals surface area (Å²) in [5, 5.41) is 8.25. The van der Waals surface area contributed by atoms with Gasteiger partial charge in [0.25, 0.3) is 0 Å². The van der Waals surface area contributed by atoms with E-state index in [0.717, 1.165) is 0 Å². The molecular formula is C8H8O3. The number of para-hydroxylation sites is 1. The highest BCUT2D eigenvalue weighted by atomic mass is 16.5. The summed E-state index contributed by atoms with van der Waals surface area (Å²) in [6, 6.07) is 8.84. The molecule has 0 atom stereocenters. The fourth-order valence-electron chi connectivity index (χ4n) is 0.662. The SMILES string of the molecule is O=[13C](O)COc1ccccc1. The van der Waals surface area contributed by atoms with E-state index < -0.39 is 5.97 Å². The fourth-order valence-corrected chi connectivity index (χ4v) is 0.662. The van der Waals surface area contributed by atoms with Gasteiger partial charge in [0, 0.05) is 0 Å². The number of aliphatic carboxylic acids is 1. The van der Waals surface area contributed by atoms with Crippen molar-refractivity contribution in [2.75, 3.05) is 6.61 Å². The van der Waals surface area contributed by atoms with E-state index in [1.165, 1.54) is 0 Å². The van der Waals surface area contributed by atoms with Gasteiger partial charge >= 0.3 is 5.97 Å². The fraction of sp³-hybridized carbons (Fsp3) is 0.125. The van der Waals surface area contributed by atoms with E-state index in [-0.39, 0.29) is 6.61 Å². The summed E-state index contributed by atoms with van der Waals surface area (Å²) in [6.45, 7) is -0.288. The zero-order valence-corrected chi connectivity index (χ0v) is 5.86. The third-order valence-electron chi connectivity index (χ3n) is 1.11. The smallest absolute Gasteiger partial charge is 0.341 e. The van der Waals surface area contributed by atoms with Crippen molar-refractivity contribution < 1.29 is 14.6 Å². The van der Waals surface area contributed by atoms with Crippen molar-refractivity contribution in [1.29, 1.82) is 0 Å². The summed E-state index contributed by atoms with van der Waals surface area (Å²) in [4.78, 5) is 10.0. The molecule has 1 aromatic rings. The van der Waals surface area contributed by atoms with Gasteiger partial charge < -0.3 is 9.84 Å². The summed E-state index contributed by atoms with van der Waals surface area (Å²) in [5.41, 5.74) is 0. The molecule has 0 aliphatic carbocycles. The molecule has 1 N–H and O–H groups in total. The highest BCUT2D eigenvalue weighted by molar-refractivity contribution is 5.68. The lowest BCUT2D eigenvalue weighted by molar-refractivity contribution is -0.139. The Bertz CT molecular complexity index is 230. The lowest BCUT2D eigenvalue weighted by Gasteiger charge is -2.00. The van der Waals surface area contributed by atoms with Crippen molar-refractivity contribution in [2.24, 2.45) is 0 Å². The van der Waals surface area contributed by atoms with Crippen molar-refractivity contribution in [1.82, 2.24) is 0 Å². The summed E-state index contributed by atoms with van der Waals surface area (Å²) < 4.78 is 4.87. The molecule has 0 aliphatic heterocycles. The number of benzene rings is 1. The van der Waals surface area contributed by atoms with Crippen molar-refractivity contribution in [2.45, 2.75) is 0 Å². The van der Waals surface area contributed by atoms with Crippen LogP contribution in [0.25, 0.3) is 0 Å². The van der Waals surface area contributed by atoms with Gasteiger partial charge in [0.05, 0.1) is 0 Å². The predicted molar refractivity (Wildman–Crippen MR) is 39.6 cm³/mol. The van der Waals surface area contributed by atoms with Gasteiger partial charge in [-0.3, -0.25) is 0 Å². The van der Waals surface area contributed by atoms with Crippen LogP contribution >= 0.6 is 0 Å². The van der Waals surface area contributed by atoms with Gasteiger partial charge in [-0.2, -0.15) is 0 Å². The molecule has 0 amide bonds. The molecule has 0 spiro atoms. The molecule has 3 heteroatoms. The van der Waals surface area contributed by atoms with E-state index in [1.54, 1.807) is 24.3 Å². The van der Waals surface area contributed by atoms with E-state index in [1.807, 2.05) is 6.07 Å². The number of carboxylic acids is 1. The second kappa shape index (κ2) is 3.61. The second-order valence-electron chi connectivity index (χ2n) is 2.00. The maximum atomic E-state index is 10.0. The third-order valence-corrected chi connectivity index (χ3v) is 1.11. The van der Waals surface area contributed by atoms with Gasteiger partial charge in [-0.15, -0.1) is 0 Å². The first kappa shape index (κ1) is 7.60. The van der Waals surface area contributed by atoms with Gasteiger partial charge in [0.2, 0.25) is 0 Å². The molecule has 3 nitrogen and oxygen atoms in total. The van der Waals surface area contributed by atoms with Crippen LogP contribution in [-0.4, -0.2) is 17.7 Å². The van der Waals surface area contributed by atoms with Crippen LogP contribution in [-0.2, 0) is 4.79 Å². The lowest BCUT2D eigenvalue weighted by Crippen LogP contribution is -2.09. The molecule has 0 bridgehead atoms. The Hall–Kier alpha value is -1.51. The molecule has 0 saturated carbocycles. The van der Waals surface area contributed by atoms with Crippen molar-refractivity contribution >= 4 is 5.97 Å². The average molecular weight is 153 g/mol. The Labute approximate surface area is 64.2 Å². The zero-order valence-electron chi connectivity index (χ0n) is 5.86. The van der Waals surface area contributed by atoms with E-state index >= 15 is 0 Å². The molecule has 1 aromatic carbocycles. The number of carboxylic acid groups (broad SMARTS) is 1. The van der Waals surface area contributed by atoms with Crippen LogP contribution in [0.4, 0.5) is 0 Å². The van der Waals surface area contributed by atoms with Crippen LogP contribution in [0.15, 0.2) is 30.3 Å². The maximum Gasteiger partial charge on any atom is 0.341 e. The van der Waals surface area contributed by atoms with Gasteiger partial charge in [-0.1, -0.05) is 18.2 Å². The maximum absolute atomic E-state index is 10.0. The van der Waals surface area contributed by atoms with Crippen LogP contribution < -0.4 is 4.74 Å². The molecule has 0 aliphatic rings. The highest BCUT2D eigenvalue weighted by Gasteiger charge is 1.96. The van der Waals surface area contributed by atoms with E-state index in [2.05, 4.69) is 0 Å². The monoisotopic (exact) mass is 153 g/mol. The summed E-state index contributed by atoms with van der Waals surface area (Å²) in [7, 11) is 0. The summed E-state index contributed by atoms with van der Waals surface area (Å²) in [6.07, 6.45) is 0. The minimum Gasteiger partial charge on any atom is -0.482 e. The average Bonchev–Trinajstić information content (AvgIpc) is 2.03. The topological polar surface area (TPSA) is 46.5 Å². The van der Waals surface area contributed by atoms with Crippen molar-refractivity contribution in [3.63, 3.8) is 0 Å². The lowest BCUT2D eigenvalue weighted by atomic mass is 10.3. The molecule has 0 radical (unpaired) electrons. The predicted octanol–water partition coefficient (Wildman–Crippen LogP) is 1.15. The Morgan fingerprint density at radius 1 is 1.36 bits per heavy atom. The van der Waals surface area contributed by atoms with Gasteiger partial charge in [-0.05, 0) is 12.1 Å². The van der Waals surface area contributed by atoms with Crippen molar-refractivity contribution in [3.05, 3.63) is 30.3 Å². The van der Waals surface area contributed by atoms with E-state index in [0.29, 0.717) is 5.75 Å². The molecule has 0 saturated heterocycles. The van der Waals surface area contributed by atoms with Crippen LogP contribution in [0.3, 0.4) is 0 Å². The zero-order chi connectivity index (χ0) is 8.10. The molecular weight excluding hydrogens is 145 g/mol. The molecule has 0 fully saturated rings. The van der Waals surface area contributed by atoms with Gasteiger partial charge in [-0.25, -0.2) is 4.79 Å². The number of hydrogen-bond donors (Lipinski definition) is 1. The highest BCUT2D eigenvalue weighted by Crippen LogP contribution is 2.07. The van der Waals surface area contributed by atoms with E-state index in [4.69, 9.17) is 9.84 Å². The Morgan fingerprint density at radius 2 is 2.00 bits per heavy atom. The molecule has 1 rings (SSSR count). The Kier molecular flexibility index (Phi) is 2.49. The van der Waals surface area contributed by atoms with Crippen LogP contribution in [0.5, 0.6) is 5.75 Å². The Morgan fingerprint density at radius 3 is 2.55 bits per heavy atom. The minimum atomic E-state index is -0.964. The second-order valence-corrected chi connectivity index (χ2v) is 2.00. The first-order valence-corrected chi connectivity index (χ1v) is 3.18. The first-order chi connectivity index (χ1) is 5.29. The molecule has 0 aromatic heterocycles. The summed E-state index contributed by atoms with van der Waals surface area (Å²) >= 11 is 0. The van der Waals surface area contributed by atoms with E-state index in [9.17, 15) is 4.79 Å². The van der Waals surface area contributed by atoms with Crippen LogP contribution in [0.1, 0.15) is 0 Å². The number of rotatable bonds is 3. The third kappa shape index (κ3) is 2.71. The normalized spacial score (nSPS) is 9.09. The minimum absolute atomic E-state index is 0.288. The summed E-state index contributed by atoms with van der Waals surface area (Å²) in [5.74, 6) is -0.385.